The van der Waals surface area contributed by atoms with Crippen molar-refractivity contribution in [3.05, 3.63) is 166 Å². The molecule has 6 aromatic carbocycles. The molecule has 0 saturated heterocycles. The van der Waals surface area contributed by atoms with Crippen LogP contribution in [0, 0.1) is 41.5 Å². The molecule has 48 heavy (non-hydrogen) atoms. The summed E-state index contributed by atoms with van der Waals surface area (Å²) in [6.07, 6.45) is 3.56. The van der Waals surface area contributed by atoms with Crippen molar-refractivity contribution in [1.29, 1.82) is 0 Å². The average Bonchev–Trinajstić information content (AvgIpc) is 3.08. The molecular formula is C46H48N2. The molecule has 0 aliphatic heterocycles. The molecule has 2 nitrogen and oxygen atoms in total. The molecule has 0 N–H and O–H groups in total. The molecule has 6 aromatic rings. The lowest BCUT2D eigenvalue weighted by atomic mass is 10.0. The number of nitrogens with zero attached hydrogens (tertiary/aromatic N) is 2. The quantitative estimate of drug-likeness (QED) is 0.149. The van der Waals surface area contributed by atoms with Crippen LogP contribution in [0.1, 0.15) is 58.7 Å². The summed E-state index contributed by atoms with van der Waals surface area (Å²) in [4.78, 5) is 4.74. The van der Waals surface area contributed by atoms with Gasteiger partial charge in [-0.3, -0.25) is 0 Å². The first-order valence-corrected chi connectivity index (χ1v) is 17.3. The Kier molecular flexibility index (Phi) is 9.82. The molecule has 0 saturated carbocycles. The lowest BCUT2D eigenvalue weighted by molar-refractivity contribution is 0.791. The van der Waals surface area contributed by atoms with Gasteiger partial charge in [-0.15, -0.1) is 0 Å². The van der Waals surface area contributed by atoms with Gasteiger partial charge < -0.3 is 9.80 Å². The van der Waals surface area contributed by atoms with Crippen LogP contribution in [0.15, 0.2) is 127 Å². The molecule has 0 heterocycles. The zero-order chi connectivity index (χ0) is 33.8. The first-order chi connectivity index (χ1) is 23.2. The maximum Gasteiger partial charge on any atom is 0.0464 e. The Morgan fingerprint density at radius 2 is 0.833 bits per heavy atom. The van der Waals surface area contributed by atoms with Gasteiger partial charge in [0, 0.05) is 34.1 Å². The van der Waals surface area contributed by atoms with Crippen LogP contribution in [0.2, 0.25) is 0 Å². The highest BCUT2D eigenvalue weighted by atomic mass is 15.1. The van der Waals surface area contributed by atoms with Crippen LogP contribution in [0.25, 0.3) is 11.1 Å². The molecule has 0 spiro atoms. The summed E-state index contributed by atoms with van der Waals surface area (Å²) in [5, 5.41) is 0. The van der Waals surface area contributed by atoms with Crippen LogP contribution in [0.3, 0.4) is 0 Å². The van der Waals surface area contributed by atoms with Crippen LogP contribution in [0.5, 0.6) is 0 Å². The summed E-state index contributed by atoms with van der Waals surface area (Å²) in [5.41, 5.74) is 18.6. The molecule has 0 radical (unpaired) electrons. The SMILES string of the molecule is CCCCc1ccc(N(c2ccc(-c3ccc(N(c4cccc(C)c4)c4ccc(C)c(C)c4)cc3)cc2)c2ccc(C)c(C)c2)cc1C. The van der Waals surface area contributed by atoms with Crippen molar-refractivity contribution in [2.24, 2.45) is 0 Å². The number of aryl methyl sites for hydroxylation is 7. The van der Waals surface area contributed by atoms with Crippen molar-refractivity contribution < 1.29 is 0 Å². The Bertz CT molecular complexity index is 2020. The van der Waals surface area contributed by atoms with E-state index in [1.807, 2.05) is 0 Å². The smallest absolute Gasteiger partial charge is 0.0464 e. The van der Waals surface area contributed by atoms with Gasteiger partial charge >= 0.3 is 0 Å². The summed E-state index contributed by atoms with van der Waals surface area (Å²) in [5.74, 6) is 0. The highest BCUT2D eigenvalue weighted by Gasteiger charge is 2.16. The van der Waals surface area contributed by atoms with E-state index in [4.69, 9.17) is 0 Å². The summed E-state index contributed by atoms with van der Waals surface area (Å²) < 4.78 is 0. The summed E-state index contributed by atoms with van der Waals surface area (Å²) in [7, 11) is 0. The second-order valence-electron chi connectivity index (χ2n) is 13.4. The molecule has 0 unspecified atom stereocenters. The number of rotatable bonds is 10. The third-order valence-electron chi connectivity index (χ3n) is 9.73. The van der Waals surface area contributed by atoms with Gasteiger partial charge in [0.05, 0.1) is 0 Å². The van der Waals surface area contributed by atoms with E-state index >= 15 is 0 Å². The molecule has 6 rings (SSSR count). The predicted molar refractivity (Wildman–Crippen MR) is 208 cm³/mol. The highest BCUT2D eigenvalue weighted by molar-refractivity contribution is 5.81. The summed E-state index contributed by atoms with van der Waals surface area (Å²) in [6.45, 7) is 15.4. The normalized spacial score (nSPS) is 11.1. The van der Waals surface area contributed by atoms with Gasteiger partial charge in [-0.2, -0.15) is 0 Å². The van der Waals surface area contributed by atoms with Gasteiger partial charge in [0.25, 0.3) is 0 Å². The first kappa shape index (κ1) is 32.8. The van der Waals surface area contributed by atoms with Gasteiger partial charge in [-0.05, 0) is 177 Å². The molecule has 0 atom stereocenters. The number of unbranched alkanes of at least 4 members (excludes halogenated alkanes) is 1. The fourth-order valence-electron chi connectivity index (χ4n) is 6.46. The van der Waals surface area contributed by atoms with Crippen molar-refractivity contribution in [3.63, 3.8) is 0 Å². The third-order valence-corrected chi connectivity index (χ3v) is 9.73. The highest BCUT2D eigenvalue weighted by Crippen LogP contribution is 2.39. The standard InChI is InChI=1S/C46H48N2/c1-8-9-12-38-16-27-46(31-37(38)7)48(45-22-15-34(4)36(6)30-45)42-25-19-40(20-26-42)39-17-23-41(24-18-39)47(43-13-10-11-32(2)28-43)44-21-14-33(3)35(5)29-44/h10-11,13-31H,8-9,12H2,1-7H3. The van der Waals surface area contributed by atoms with Crippen LogP contribution in [-0.2, 0) is 6.42 Å². The molecule has 242 valence electrons. The van der Waals surface area contributed by atoms with Gasteiger partial charge in [0.15, 0.2) is 0 Å². The van der Waals surface area contributed by atoms with Crippen LogP contribution >= 0.6 is 0 Å². The Morgan fingerprint density at radius 1 is 0.396 bits per heavy atom. The maximum atomic E-state index is 2.39. The second kappa shape index (κ2) is 14.4. The summed E-state index contributed by atoms with van der Waals surface area (Å²) >= 11 is 0. The van der Waals surface area contributed by atoms with E-state index in [1.54, 1.807) is 0 Å². The van der Waals surface area contributed by atoms with Crippen molar-refractivity contribution in [2.45, 2.75) is 67.7 Å². The third kappa shape index (κ3) is 7.09. The number of benzene rings is 6. The van der Waals surface area contributed by atoms with E-state index in [0.717, 1.165) is 23.5 Å². The van der Waals surface area contributed by atoms with Gasteiger partial charge in [-0.1, -0.05) is 67.9 Å². The number of anilines is 6. The first-order valence-electron chi connectivity index (χ1n) is 17.3. The average molecular weight is 629 g/mol. The molecule has 2 heteroatoms. The van der Waals surface area contributed by atoms with Gasteiger partial charge in [-0.25, -0.2) is 0 Å². The van der Waals surface area contributed by atoms with E-state index in [1.165, 1.54) is 80.0 Å². The van der Waals surface area contributed by atoms with Crippen molar-refractivity contribution in [2.75, 3.05) is 9.80 Å². The van der Waals surface area contributed by atoms with Crippen molar-refractivity contribution >= 4 is 34.1 Å². The Morgan fingerprint density at radius 3 is 1.27 bits per heavy atom. The Hall–Kier alpha value is -5.08. The molecule has 0 fully saturated rings. The molecule has 0 aromatic heterocycles. The lowest BCUT2D eigenvalue weighted by Crippen LogP contribution is -2.11. The van der Waals surface area contributed by atoms with Gasteiger partial charge in [0.2, 0.25) is 0 Å². The molecular weight excluding hydrogens is 581 g/mol. The monoisotopic (exact) mass is 628 g/mol. The zero-order valence-electron chi connectivity index (χ0n) is 29.6. The fourth-order valence-corrected chi connectivity index (χ4v) is 6.46. The number of hydrogen-bond acceptors (Lipinski definition) is 2. The van der Waals surface area contributed by atoms with E-state index in [-0.39, 0.29) is 0 Å². The van der Waals surface area contributed by atoms with E-state index < -0.39 is 0 Å². The van der Waals surface area contributed by atoms with E-state index in [2.05, 4.69) is 186 Å². The minimum absolute atomic E-state index is 1.13. The second-order valence-corrected chi connectivity index (χ2v) is 13.4. The minimum atomic E-state index is 1.13. The molecule has 0 bridgehead atoms. The maximum absolute atomic E-state index is 2.39. The Labute approximate surface area is 288 Å². The number of hydrogen-bond donors (Lipinski definition) is 0. The van der Waals surface area contributed by atoms with Crippen molar-refractivity contribution in [1.82, 2.24) is 0 Å². The molecule has 0 aliphatic carbocycles. The Balaban J connectivity index is 1.33. The van der Waals surface area contributed by atoms with E-state index in [9.17, 15) is 0 Å². The van der Waals surface area contributed by atoms with Gasteiger partial charge in [0.1, 0.15) is 0 Å². The van der Waals surface area contributed by atoms with Crippen molar-refractivity contribution in [3.8, 4) is 11.1 Å². The molecule has 0 aliphatic rings. The zero-order valence-corrected chi connectivity index (χ0v) is 29.6. The minimum Gasteiger partial charge on any atom is -0.310 e. The predicted octanol–water partition coefficient (Wildman–Crippen LogP) is 13.5. The van der Waals surface area contributed by atoms with E-state index in [0.29, 0.717) is 0 Å². The molecule has 0 amide bonds. The summed E-state index contributed by atoms with van der Waals surface area (Å²) in [6, 6.07) is 47.2. The largest absolute Gasteiger partial charge is 0.310 e. The topological polar surface area (TPSA) is 6.48 Å². The lowest BCUT2D eigenvalue weighted by Gasteiger charge is -2.27. The fraction of sp³-hybridized carbons (Fsp3) is 0.217. The van der Waals surface area contributed by atoms with Crippen LogP contribution < -0.4 is 9.80 Å². The van der Waals surface area contributed by atoms with Crippen LogP contribution in [-0.4, -0.2) is 0 Å². The van der Waals surface area contributed by atoms with Crippen LogP contribution in [0.4, 0.5) is 34.1 Å².